The zero-order valence-corrected chi connectivity index (χ0v) is 24.9. The molecule has 3 amide bonds. The number of nitrogens with zero attached hydrogens (tertiary/aromatic N) is 2. The van der Waals surface area contributed by atoms with Crippen LogP contribution in [-0.2, 0) is 16.1 Å². The number of piperidine rings is 1. The molecule has 2 heterocycles. The van der Waals surface area contributed by atoms with E-state index in [0.717, 1.165) is 43.8 Å². The molecular formula is C31H43ClN4O4. The number of hydrogen-bond donors (Lipinski definition) is 2. The van der Waals surface area contributed by atoms with Gasteiger partial charge in [0.15, 0.2) is 0 Å². The summed E-state index contributed by atoms with van der Waals surface area (Å²) >= 11 is 0. The molecular weight excluding hydrogens is 528 g/mol. The molecule has 2 fully saturated rings. The average molecular weight is 571 g/mol. The highest BCUT2D eigenvalue weighted by Crippen LogP contribution is 2.35. The first kappa shape index (κ1) is 31.4. The van der Waals surface area contributed by atoms with Crippen molar-refractivity contribution in [2.45, 2.75) is 71.0 Å². The Balaban J connectivity index is 0.00000441. The number of amides is 3. The number of piperazine rings is 1. The number of carbonyl (C=O) groups is 3. The lowest BCUT2D eigenvalue weighted by Crippen LogP contribution is -2.73. The van der Waals surface area contributed by atoms with Gasteiger partial charge < -0.3 is 20.3 Å². The molecule has 0 bridgehead atoms. The molecule has 0 radical (unpaired) electrons. The molecule has 4 rings (SSSR count). The van der Waals surface area contributed by atoms with Crippen molar-refractivity contribution in [3.63, 3.8) is 0 Å². The fourth-order valence-electron chi connectivity index (χ4n) is 5.60. The topological polar surface area (TPSA) is 91.0 Å². The van der Waals surface area contributed by atoms with Gasteiger partial charge in [0.1, 0.15) is 23.1 Å². The maximum atomic E-state index is 13.4. The van der Waals surface area contributed by atoms with E-state index in [1.54, 1.807) is 31.3 Å². The maximum Gasteiger partial charge on any atom is 0.251 e. The number of benzene rings is 2. The van der Waals surface area contributed by atoms with Gasteiger partial charge in [0, 0.05) is 38.8 Å². The molecule has 40 heavy (non-hydrogen) atoms. The second-order valence-electron chi connectivity index (χ2n) is 11.2. The van der Waals surface area contributed by atoms with Crippen molar-refractivity contribution in [3.8, 4) is 11.5 Å². The molecule has 2 aliphatic heterocycles. The van der Waals surface area contributed by atoms with Gasteiger partial charge in [0.05, 0.1) is 0 Å². The summed E-state index contributed by atoms with van der Waals surface area (Å²) < 4.78 is 5.94. The van der Waals surface area contributed by atoms with E-state index in [2.05, 4.69) is 48.4 Å². The van der Waals surface area contributed by atoms with Crippen LogP contribution in [0.3, 0.4) is 0 Å². The Morgan fingerprint density at radius 2 is 1.65 bits per heavy atom. The van der Waals surface area contributed by atoms with Gasteiger partial charge >= 0.3 is 0 Å². The summed E-state index contributed by atoms with van der Waals surface area (Å²) in [6.07, 6.45) is 3.87. The molecule has 0 saturated carbocycles. The van der Waals surface area contributed by atoms with Crippen molar-refractivity contribution in [2.75, 3.05) is 26.7 Å². The summed E-state index contributed by atoms with van der Waals surface area (Å²) in [7, 11) is 1.61. The summed E-state index contributed by atoms with van der Waals surface area (Å²) in [5.41, 5.74) is 1.01. The molecule has 2 aliphatic rings. The third-order valence-corrected chi connectivity index (χ3v) is 7.84. The summed E-state index contributed by atoms with van der Waals surface area (Å²) in [5.74, 6) is 1.71. The zero-order chi connectivity index (χ0) is 28.0. The van der Waals surface area contributed by atoms with Crippen molar-refractivity contribution < 1.29 is 19.1 Å². The van der Waals surface area contributed by atoms with E-state index < -0.39 is 11.6 Å². The molecule has 1 spiro atoms. The minimum Gasteiger partial charge on any atom is -0.457 e. The third-order valence-electron chi connectivity index (χ3n) is 7.84. The Kier molecular flexibility index (Phi) is 11.0. The van der Waals surface area contributed by atoms with Crippen LogP contribution >= 0.6 is 12.4 Å². The van der Waals surface area contributed by atoms with E-state index in [-0.39, 0.29) is 30.1 Å². The van der Waals surface area contributed by atoms with Crippen LogP contribution in [0.15, 0.2) is 48.5 Å². The first-order valence-corrected chi connectivity index (χ1v) is 14.2. The summed E-state index contributed by atoms with van der Waals surface area (Å²) in [6, 6.07) is 14.6. The fraction of sp³-hybridized carbons (Fsp3) is 0.516. The van der Waals surface area contributed by atoms with E-state index in [4.69, 9.17) is 4.74 Å². The van der Waals surface area contributed by atoms with Crippen LogP contribution < -0.4 is 15.4 Å². The Labute approximate surface area is 244 Å². The highest BCUT2D eigenvalue weighted by atomic mass is 35.5. The zero-order valence-electron chi connectivity index (χ0n) is 24.1. The number of halogens is 1. The lowest BCUT2D eigenvalue weighted by atomic mass is 9.80. The standard InChI is InChI=1S/C31H42N4O4.ClH/c1-5-6-17-35-29(37)27(20-22(2)3)33-30(38)31(35)15-18-34(19-16-31)21-23-7-11-25(12-8-23)39-26-13-9-24(10-14-26)28(36)32-4;/h7-14,22,27H,5-6,15-21H2,1-4H3,(H,32,36)(H,33,38);1H/t27-;/m0./s1. The molecule has 2 saturated heterocycles. The Morgan fingerprint density at radius 1 is 1.05 bits per heavy atom. The van der Waals surface area contributed by atoms with Crippen LogP contribution in [-0.4, -0.2) is 65.8 Å². The average Bonchev–Trinajstić information content (AvgIpc) is 2.93. The number of carbonyl (C=O) groups excluding carboxylic acids is 3. The molecule has 0 aliphatic carbocycles. The van der Waals surface area contributed by atoms with Crippen LogP contribution in [0, 0.1) is 5.92 Å². The highest BCUT2D eigenvalue weighted by molar-refractivity contribution is 6.00. The first-order chi connectivity index (χ1) is 18.8. The number of rotatable bonds is 10. The highest BCUT2D eigenvalue weighted by Gasteiger charge is 2.53. The van der Waals surface area contributed by atoms with Crippen molar-refractivity contribution >= 4 is 30.1 Å². The lowest BCUT2D eigenvalue weighted by Gasteiger charge is -2.52. The lowest BCUT2D eigenvalue weighted by molar-refractivity contribution is -0.161. The number of ether oxygens (including phenoxy) is 1. The third kappa shape index (κ3) is 7.15. The summed E-state index contributed by atoms with van der Waals surface area (Å²) in [5, 5.41) is 5.69. The number of nitrogens with one attached hydrogen (secondary N) is 2. The quantitative estimate of drug-likeness (QED) is 0.429. The first-order valence-electron chi connectivity index (χ1n) is 14.2. The van der Waals surface area contributed by atoms with Crippen molar-refractivity contribution in [1.29, 1.82) is 0 Å². The molecule has 0 unspecified atom stereocenters. The van der Waals surface area contributed by atoms with Crippen LogP contribution in [0.4, 0.5) is 0 Å². The molecule has 2 aromatic rings. The van der Waals surface area contributed by atoms with Gasteiger partial charge in [-0.05, 0) is 73.6 Å². The second kappa shape index (κ2) is 14.0. The van der Waals surface area contributed by atoms with Crippen LogP contribution in [0.25, 0.3) is 0 Å². The van der Waals surface area contributed by atoms with Crippen molar-refractivity contribution in [2.24, 2.45) is 5.92 Å². The molecule has 9 heteroatoms. The SMILES string of the molecule is CCCCN1C(=O)[C@H](CC(C)C)NC(=O)C12CCN(Cc1ccc(Oc3ccc(C(=O)NC)cc3)cc1)CC2.Cl. The van der Waals surface area contributed by atoms with Gasteiger partial charge in [-0.25, -0.2) is 0 Å². The largest absolute Gasteiger partial charge is 0.457 e. The van der Waals surface area contributed by atoms with E-state index >= 15 is 0 Å². The van der Waals surface area contributed by atoms with Gasteiger partial charge in [0.2, 0.25) is 11.8 Å². The Hall–Kier alpha value is -3.10. The molecule has 8 nitrogen and oxygen atoms in total. The molecule has 1 atom stereocenters. The van der Waals surface area contributed by atoms with Gasteiger partial charge in [-0.2, -0.15) is 0 Å². The minimum absolute atomic E-state index is 0. The number of unbranched alkanes of at least 4 members (excludes halogenated alkanes) is 1. The van der Waals surface area contributed by atoms with E-state index in [1.807, 2.05) is 17.0 Å². The van der Waals surface area contributed by atoms with E-state index in [0.29, 0.717) is 43.0 Å². The number of hydrogen-bond acceptors (Lipinski definition) is 5. The predicted octanol–water partition coefficient (Wildman–Crippen LogP) is 4.77. The normalized spacial score (nSPS) is 18.8. The predicted molar refractivity (Wildman–Crippen MR) is 159 cm³/mol. The van der Waals surface area contributed by atoms with Crippen molar-refractivity contribution in [3.05, 3.63) is 59.7 Å². The summed E-state index contributed by atoms with van der Waals surface area (Å²) in [4.78, 5) is 42.9. The molecule has 2 aromatic carbocycles. The molecule has 218 valence electrons. The minimum atomic E-state index is -0.735. The smallest absolute Gasteiger partial charge is 0.251 e. The maximum absolute atomic E-state index is 13.4. The second-order valence-corrected chi connectivity index (χ2v) is 11.2. The molecule has 0 aromatic heterocycles. The van der Waals surface area contributed by atoms with Gasteiger partial charge in [-0.15, -0.1) is 12.4 Å². The van der Waals surface area contributed by atoms with Crippen LogP contribution in [0.1, 0.15) is 68.8 Å². The monoisotopic (exact) mass is 570 g/mol. The molecule has 2 N–H and O–H groups in total. The number of likely N-dealkylation sites (tertiary alicyclic amines) is 1. The fourth-order valence-corrected chi connectivity index (χ4v) is 5.60. The van der Waals surface area contributed by atoms with Crippen LogP contribution in [0.5, 0.6) is 11.5 Å². The Morgan fingerprint density at radius 3 is 2.20 bits per heavy atom. The van der Waals surface area contributed by atoms with E-state index in [1.165, 1.54) is 0 Å². The summed E-state index contributed by atoms with van der Waals surface area (Å²) in [6.45, 7) is 9.23. The van der Waals surface area contributed by atoms with Crippen molar-refractivity contribution in [1.82, 2.24) is 20.4 Å². The van der Waals surface area contributed by atoms with Crippen LogP contribution in [0.2, 0.25) is 0 Å². The van der Waals surface area contributed by atoms with Gasteiger partial charge in [0.25, 0.3) is 5.91 Å². The van der Waals surface area contributed by atoms with Gasteiger partial charge in [-0.1, -0.05) is 39.3 Å². The van der Waals surface area contributed by atoms with E-state index in [9.17, 15) is 14.4 Å². The Bertz CT molecular complexity index is 1140. The van der Waals surface area contributed by atoms with Gasteiger partial charge in [-0.3, -0.25) is 19.3 Å².